The molecule has 6 nitrogen and oxygen atoms in total. The number of esters is 1. The van der Waals surface area contributed by atoms with Crippen molar-refractivity contribution in [2.45, 2.75) is 50.2 Å². The predicted molar refractivity (Wildman–Crippen MR) is 94.7 cm³/mol. The number of methoxy groups -OCH3 is 1. The Morgan fingerprint density at radius 1 is 1.12 bits per heavy atom. The number of imide groups is 1. The summed E-state index contributed by atoms with van der Waals surface area (Å²) in [5.74, 6) is -0.820. The van der Waals surface area contributed by atoms with Gasteiger partial charge in [0.1, 0.15) is 0 Å². The first-order chi connectivity index (χ1) is 12.5. The number of piperidine rings is 1. The van der Waals surface area contributed by atoms with Gasteiger partial charge >= 0.3 is 5.97 Å². The zero-order valence-electron chi connectivity index (χ0n) is 15.2. The van der Waals surface area contributed by atoms with Crippen LogP contribution < -0.4 is 0 Å². The molecule has 3 aliphatic rings. The summed E-state index contributed by atoms with van der Waals surface area (Å²) in [5, 5.41) is 0. The van der Waals surface area contributed by atoms with Crippen LogP contribution in [0.3, 0.4) is 0 Å². The highest BCUT2D eigenvalue weighted by Gasteiger charge is 2.48. The van der Waals surface area contributed by atoms with Crippen molar-refractivity contribution in [2.24, 2.45) is 5.92 Å². The van der Waals surface area contributed by atoms with Gasteiger partial charge in [0.2, 0.25) is 0 Å². The van der Waals surface area contributed by atoms with Gasteiger partial charge in [0.15, 0.2) is 0 Å². The second kappa shape index (κ2) is 6.50. The van der Waals surface area contributed by atoms with Crippen molar-refractivity contribution in [1.82, 2.24) is 9.80 Å². The first kappa shape index (κ1) is 17.2. The van der Waals surface area contributed by atoms with Crippen LogP contribution in [0.5, 0.6) is 0 Å². The van der Waals surface area contributed by atoms with E-state index in [4.69, 9.17) is 4.74 Å². The third kappa shape index (κ3) is 2.63. The Morgan fingerprint density at radius 2 is 1.65 bits per heavy atom. The molecule has 3 heterocycles. The fourth-order valence-electron chi connectivity index (χ4n) is 5.00. The van der Waals surface area contributed by atoms with Crippen LogP contribution in [0.2, 0.25) is 0 Å². The SMILES string of the molecule is COC(=O)C[C@H](C1CC2CCC(C1)N2C)N1C(=O)c2ccccc2C1=O. The summed E-state index contributed by atoms with van der Waals surface area (Å²) in [6, 6.07) is 7.39. The summed E-state index contributed by atoms with van der Waals surface area (Å²) in [5.41, 5.74) is 0.867. The number of hydrogen-bond acceptors (Lipinski definition) is 5. The van der Waals surface area contributed by atoms with Gasteiger partial charge in [-0.1, -0.05) is 12.1 Å². The molecule has 2 unspecified atom stereocenters. The number of ether oxygens (including phenoxy) is 1. The minimum absolute atomic E-state index is 0.0653. The van der Waals surface area contributed by atoms with Gasteiger partial charge in [0, 0.05) is 12.1 Å². The maximum atomic E-state index is 12.9. The highest BCUT2D eigenvalue weighted by molar-refractivity contribution is 6.21. The molecule has 0 aliphatic carbocycles. The van der Waals surface area contributed by atoms with Crippen molar-refractivity contribution >= 4 is 17.8 Å². The number of hydrogen-bond donors (Lipinski definition) is 0. The molecule has 1 aromatic rings. The first-order valence-corrected chi connectivity index (χ1v) is 9.27. The van der Waals surface area contributed by atoms with E-state index >= 15 is 0 Å². The average molecular weight is 356 g/mol. The van der Waals surface area contributed by atoms with Gasteiger partial charge in [0.05, 0.1) is 30.7 Å². The Bertz CT molecular complexity index is 713. The molecule has 26 heavy (non-hydrogen) atoms. The first-order valence-electron chi connectivity index (χ1n) is 9.27. The van der Waals surface area contributed by atoms with Crippen LogP contribution in [0.4, 0.5) is 0 Å². The lowest BCUT2D eigenvalue weighted by Gasteiger charge is -2.41. The van der Waals surface area contributed by atoms with Crippen LogP contribution >= 0.6 is 0 Å². The maximum Gasteiger partial charge on any atom is 0.307 e. The third-order valence-electron chi connectivity index (χ3n) is 6.44. The van der Waals surface area contributed by atoms with E-state index in [1.165, 1.54) is 12.0 Å². The zero-order valence-corrected chi connectivity index (χ0v) is 15.2. The average Bonchev–Trinajstić information content (AvgIpc) is 3.00. The topological polar surface area (TPSA) is 66.9 Å². The van der Waals surface area contributed by atoms with Crippen LogP contribution in [0.25, 0.3) is 0 Å². The van der Waals surface area contributed by atoms with Gasteiger partial charge in [-0.15, -0.1) is 0 Å². The highest BCUT2D eigenvalue weighted by Crippen LogP contribution is 2.42. The standard InChI is InChI=1S/C20H24N2O4/c1-21-13-7-8-14(21)10-12(9-13)17(11-18(23)26-2)22-19(24)15-5-3-4-6-16(15)20(22)25/h3-6,12-14,17H,7-11H2,1-2H3/t12?,13?,14?,17-/m1/s1. The van der Waals surface area contributed by atoms with Crippen molar-refractivity contribution < 1.29 is 19.1 Å². The highest BCUT2D eigenvalue weighted by atomic mass is 16.5. The normalized spacial score (nSPS) is 29.0. The van der Waals surface area contributed by atoms with Gasteiger partial charge in [-0.3, -0.25) is 19.3 Å². The lowest BCUT2D eigenvalue weighted by atomic mass is 9.83. The van der Waals surface area contributed by atoms with Crippen molar-refractivity contribution in [2.75, 3.05) is 14.2 Å². The molecular formula is C20H24N2O4. The summed E-state index contributed by atoms with van der Waals surface area (Å²) < 4.78 is 4.87. The Labute approximate surface area is 153 Å². The molecule has 0 saturated carbocycles. The number of nitrogens with zero attached hydrogens (tertiary/aromatic N) is 2. The number of fused-ring (bicyclic) bond motifs is 3. The lowest BCUT2D eigenvalue weighted by Crippen LogP contribution is -2.51. The van der Waals surface area contributed by atoms with Gasteiger partial charge in [-0.25, -0.2) is 0 Å². The Kier molecular flexibility index (Phi) is 4.31. The van der Waals surface area contributed by atoms with Gasteiger partial charge in [-0.2, -0.15) is 0 Å². The molecule has 0 radical (unpaired) electrons. The van der Waals surface area contributed by atoms with Crippen molar-refractivity contribution in [3.8, 4) is 0 Å². The van der Waals surface area contributed by atoms with E-state index in [2.05, 4.69) is 11.9 Å². The van der Waals surface area contributed by atoms with E-state index < -0.39 is 6.04 Å². The van der Waals surface area contributed by atoms with Crippen molar-refractivity contribution in [3.05, 3.63) is 35.4 Å². The van der Waals surface area contributed by atoms with Gasteiger partial charge in [0.25, 0.3) is 11.8 Å². The largest absolute Gasteiger partial charge is 0.469 e. The van der Waals surface area contributed by atoms with E-state index in [1.807, 2.05) is 0 Å². The molecule has 138 valence electrons. The van der Waals surface area contributed by atoms with Crippen molar-refractivity contribution in [3.63, 3.8) is 0 Å². The Hall–Kier alpha value is -2.21. The molecule has 3 atom stereocenters. The molecule has 1 aromatic carbocycles. The minimum atomic E-state index is -0.438. The van der Waals surface area contributed by atoms with E-state index in [9.17, 15) is 14.4 Å². The molecule has 4 rings (SSSR count). The van der Waals surface area contributed by atoms with Crippen LogP contribution in [0.1, 0.15) is 52.8 Å². The molecule has 2 fully saturated rings. The van der Waals surface area contributed by atoms with Crippen LogP contribution in [0.15, 0.2) is 24.3 Å². The molecule has 0 aromatic heterocycles. The molecule has 0 spiro atoms. The molecule has 3 aliphatic heterocycles. The van der Waals surface area contributed by atoms with Crippen molar-refractivity contribution in [1.29, 1.82) is 0 Å². The number of benzene rings is 1. The molecular weight excluding hydrogens is 332 g/mol. The van der Waals surface area contributed by atoms with E-state index in [1.54, 1.807) is 24.3 Å². The van der Waals surface area contributed by atoms with Crippen LogP contribution in [-0.4, -0.2) is 59.9 Å². The third-order valence-corrected chi connectivity index (χ3v) is 6.44. The van der Waals surface area contributed by atoms with E-state index in [0.29, 0.717) is 23.2 Å². The molecule has 2 amide bonds. The van der Waals surface area contributed by atoms with Gasteiger partial charge in [-0.05, 0) is 50.8 Å². The minimum Gasteiger partial charge on any atom is -0.469 e. The van der Waals surface area contributed by atoms with Crippen LogP contribution in [-0.2, 0) is 9.53 Å². The lowest BCUT2D eigenvalue weighted by molar-refractivity contribution is -0.142. The fraction of sp³-hybridized carbons (Fsp3) is 0.550. The van der Waals surface area contributed by atoms with E-state index in [0.717, 1.165) is 25.7 Å². The molecule has 6 heteroatoms. The maximum absolute atomic E-state index is 12.9. The Balaban J connectivity index is 1.65. The summed E-state index contributed by atoms with van der Waals surface area (Å²) in [7, 11) is 3.50. The predicted octanol–water partition coefficient (Wildman–Crippen LogP) is 2.09. The number of amides is 2. The zero-order chi connectivity index (χ0) is 18.4. The fourth-order valence-corrected chi connectivity index (χ4v) is 5.00. The number of rotatable bonds is 4. The second-order valence-corrected chi connectivity index (χ2v) is 7.66. The van der Waals surface area contributed by atoms with Gasteiger partial charge < -0.3 is 9.64 Å². The van der Waals surface area contributed by atoms with Crippen LogP contribution in [0, 0.1) is 5.92 Å². The molecule has 2 bridgehead atoms. The number of carbonyl (C=O) groups is 3. The molecule has 0 N–H and O–H groups in total. The summed E-state index contributed by atoms with van der Waals surface area (Å²) >= 11 is 0. The summed E-state index contributed by atoms with van der Waals surface area (Å²) in [6.45, 7) is 0. The Morgan fingerprint density at radius 3 is 2.15 bits per heavy atom. The molecule has 2 saturated heterocycles. The smallest absolute Gasteiger partial charge is 0.307 e. The van der Waals surface area contributed by atoms with E-state index in [-0.39, 0.29) is 30.1 Å². The monoisotopic (exact) mass is 356 g/mol. The second-order valence-electron chi connectivity index (χ2n) is 7.66. The number of carbonyl (C=O) groups excluding carboxylic acids is 3. The quantitative estimate of drug-likeness (QED) is 0.610. The summed E-state index contributed by atoms with van der Waals surface area (Å²) in [6.07, 6.45) is 4.16. The summed E-state index contributed by atoms with van der Waals surface area (Å²) in [4.78, 5) is 41.7.